The fourth-order valence-corrected chi connectivity index (χ4v) is 2.48. The van der Waals surface area contributed by atoms with E-state index in [1.54, 1.807) is 13.8 Å². The fourth-order valence-electron chi connectivity index (χ4n) is 2.48. The molecular weight excluding hydrogens is 416 g/mol. The molecule has 2 heterocycles. The molecule has 0 amide bonds. The van der Waals surface area contributed by atoms with Gasteiger partial charge in [0.05, 0.1) is 5.60 Å². The molecule has 0 aliphatic rings. The molecule has 0 aliphatic heterocycles. The van der Waals surface area contributed by atoms with E-state index in [2.05, 4.69) is 30.6 Å². The third-order valence-electron chi connectivity index (χ3n) is 3.86. The predicted molar refractivity (Wildman–Crippen MR) is 107 cm³/mol. The highest BCUT2D eigenvalue weighted by Crippen LogP contribution is 2.27. The number of hydrogen-bond donors (Lipinski definition) is 3. The molecule has 3 N–H and O–H groups in total. The van der Waals surface area contributed by atoms with Gasteiger partial charge in [-0.3, -0.25) is 0 Å². The number of halogens is 4. The van der Waals surface area contributed by atoms with Crippen molar-refractivity contribution in [2.75, 3.05) is 17.2 Å². The normalized spacial score (nSPS) is 12.0. The van der Waals surface area contributed by atoms with E-state index in [0.717, 1.165) is 12.1 Å². The molecule has 0 bridgehead atoms. The van der Waals surface area contributed by atoms with E-state index in [0.29, 0.717) is 13.0 Å². The molecule has 7 nitrogen and oxygen atoms in total. The van der Waals surface area contributed by atoms with Gasteiger partial charge in [-0.05, 0) is 38.1 Å². The number of alkyl halides is 2. The molecule has 3 aromatic rings. The van der Waals surface area contributed by atoms with Crippen molar-refractivity contribution in [3.63, 3.8) is 0 Å². The fraction of sp³-hybridized carbons (Fsp3) is 0.300. The van der Waals surface area contributed by atoms with Crippen molar-refractivity contribution in [2.45, 2.75) is 32.3 Å². The third kappa shape index (κ3) is 6.32. The van der Waals surface area contributed by atoms with Crippen molar-refractivity contribution in [1.29, 1.82) is 0 Å². The summed E-state index contributed by atoms with van der Waals surface area (Å²) in [6, 6.07) is 6.78. The van der Waals surface area contributed by atoms with Crippen LogP contribution in [0, 0.1) is 11.6 Å². The van der Waals surface area contributed by atoms with Crippen LogP contribution in [0.3, 0.4) is 0 Å². The maximum absolute atomic E-state index is 13.7. The Hall–Kier alpha value is -3.34. The van der Waals surface area contributed by atoms with E-state index in [4.69, 9.17) is 0 Å². The van der Waals surface area contributed by atoms with Gasteiger partial charge in [0.25, 0.3) is 5.92 Å². The Labute approximate surface area is 175 Å². The zero-order valence-corrected chi connectivity index (χ0v) is 16.9. The molecule has 0 spiro atoms. The monoisotopic (exact) mass is 436 g/mol. The number of rotatable bonds is 7. The molecular formula is C20H20F4N6O. The Balaban J connectivity index is 2.02. The summed E-state index contributed by atoms with van der Waals surface area (Å²) in [4.78, 5) is 16.3. The van der Waals surface area contributed by atoms with Crippen molar-refractivity contribution < 1.29 is 22.7 Å². The van der Waals surface area contributed by atoms with Gasteiger partial charge in [0.2, 0.25) is 11.9 Å². The predicted octanol–water partition coefficient (Wildman–Crippen LogP) is 4.25. The van der Waals surface area contributed by atoms with Crippen molar-refractivity contribution in [2.24, 2.45) is 0 Å². The van der Waals surface area contributed by atoms with E-state index >= 15 is 0 Å². The standard InChI is InChI=1S/C20H20F4N6O/c1-19(2,31)10-25-17-28-16(14-5-4-6-15(27-14)20(3,23)24)29-18(30-17)26-13-8-11(21)7-12(22)9-13/h4-9,31H,10H2,1-3H3,(H2,25,26,28,29,30). The van der Waals surface area contributed by atoms with Crippen LogP contribution in [0.25, 0.3) is 11.5 Å². The number of anilines is 3. The number of aromatic nitrogens is 4. The first-order valence-corrected chi connectivity index (χ1v) is 9.20. The molecule has 2 aromatic heterocycles. The number of benzene rings is 1. The van der Waals surface area contributed by atoms with Gasteiger partial charge in [0, 0.05) is 25.2 Å². The van der Waals surface area contributed by atoms with Crippen molar-refractivity contribution in [3.05, 3.63) is 53.7 Å². The van der Waals surface area contributed by atoms with E-state index in [1.807, 2.05) is 0 Å². The molecule has 0 radical (unpaired) electrons. The second kappa shape index (κ2) is 8.42. The van der Waals surface area contributed by atoms with Gasteiger partial charge in [0.15, 0.2) is 5.82 Å². The second-order valence-electron chi connectivity index (χ2n) is 7.55. The molecule has 0 aliphatic carbocycles. The first-order valence-electron chi connectivity index (χ1n) is 9.20. The summed E-state index contributed by atoms with van der Waals surface area (Å²) in [6.07, 6.45) is 0. The van der Waals surface area contributed by atoms with Crippen LogP contribution in [0.2, 0.25) is 0 Å². The average molecular weight is 436 g/mol. The maximum Gasteiger partial charge on any atom is 0.286 e. The summed E-state index contributed by atoms with van der Waals surface area (Å²) >= 11 is 0. The SMILES string of the molecule is CC(C)(O)CNc1nc(Nc2cc(F)cc(F)c2)nc(-c2cccc(C(C)(F)F)n2)n1. The molecule has 1 aromatic carbocycles. The van der Waals surface area contributed by atoms with Crippen LogP contribution in [-0.2, 0) is 5.92 Å². The lowest BCUT2D eigenvalue weighted by Crippen LogP contribution is -2.30. The van der Waals surface area contributed by atoms with Gasteiger partial charge in [-0.1, -0.05) is 6.07 Å². The minimum Gasteiger partial charge on any atom is -0.389 e. The highest BCUT2D eigenvalue weighted by Gasteiger charge is 2.26. The van der Waals surface area contributed by atoms with E-state index in [1.165, 1.54) is 18.2 Å². The van der Waals surface area contributed by atoms with Crippen LogP contribution < -0.4 is 10.6 Å². The average Bonchev–Trinajstić information content (AvgIpc) is 2.64. The largest absolute Gasteiger partial charge is 0.389 e. The van der Waals surface area contributed by atoms with Gasteiger partial charge < -0.3 is 15.7 Å². The maximum atomic E-state index is 13.7. The zero-order chi connectivity index (χ0) is 22.8. The second-order valence-corrected chi connectivity index (χ2v) is 7.55. The smallest absolute Gasteiger partial charge is 0.286 e. The molecule has 3 rings (SSSR count). The molecule has 164 valence electrons. The number of aliphatic hydroxyl groups is 1. The van der Waals surface area contributed by atoms with Crippen molar-refractivity contribution >= 4 is 17.6 Å². The highest BCUT2D eigenvalue weighted by atomic mass is 19.3. The highest BCUT2D eigenvalue weighted by molar-refractivity contribution is 5.59. The molecule has 0 saturated heterocycles. The van der Waals surface area contributed by atoms with Crippen LogP contribution in [0.5, 0.6) is 0 Å². The molecule has 11 heteroatoms. The van der Waals surface area contributed by atoms with E-state index in [9.17, 15) is 22.7 Å². The Bertz CT molecular complexity index is 1060. The molecule has 31 heavy (non-hydrogen) atoms. The molecule has 0 unspecified atom stereocenters. The lowest BCUT2D eigenvalue weighted by molar-refractivity contribution is 0.0129. The van der Waals surface area contributed by atoms with Crippen LogP contribution in [0.1, 0.15) is 26.5 Å². The molecule has 0 saturated carbocycles. The van der Waals surface area contributed by atoms with Crippen molar-refractivity contribution in [3.8, 4) is 11.5 Å². The van der Waals surface area contributed by atoms with Crippen molar-refractivity contribution in [1.82, 2.24) is 19.9 Å². The van der Waals surface area contributed by atoms with Gasteiger partial charge in [0.1, 0.15) is 23.0 Å². The molecule has 0 fully saturated rings. The van der Waals surface area contributed by atoms with Gasteiger partial charge >= 0.3 is 0 Å². The first-order chi connectivity index (χ1) is 14.4. The lowest BCUT2D eigenvalue weighted by atomic mass is 10.1. The third-order valence-corrected chi connectivity index (χ3v) is 3.86. The first kappa shape index (κ1) is 22.3. The topological polar surface area (TPSA) is 95.8 Å². The van der Waals surface area contributed by atoms with Gasteiger partial charge in [-0.2, -0.15) is 23.7 Å². The minimum atomic E-state index is -3.18. The Kier molecular flexibility index (Phi) is 6.07. The minimum absolute atomic E-state index is 0.00182. The number of nitrogens with zero attached hydrogens (tertiary/aromatic N) is 4. The summed E-state index contributed by atoms with van der Waals surface area (Å²) < 4.78 is 54.4. The Morgan fingerprint density at radius 1 is 0.903 bits per heavy atom. The number of pyridine rings is 1. The zero-order valence-electron chi connectivity index (χ0n) is 16.9. The van der Waals surface area contributed by atoms with E-state index < -0.39 is 28.9 Å². The summed E-state index contributed by atoms with van der Waals surface area (Å²) in [5, 5.41) is 15.4. The summed E-state index contributed by atoms with van der Waals surface area (Å²) in [6.45, 7) is 3.90. The summed E-state index contributed by atoms with van der Waals surface area (Å²) in [7, 11) is 0. The number of hydrogen-bond acceptors (Lipinski definition) is 7. The number of nitrogens with one attached hydrogen (secondary N) is 2. The van der Waals surface area contributed by atoms with Crippen LogP contribution in [0.4, 0.5) is 35.1 Å². The molecule has 0 atom stereocenters. The lowest BCUT2D eigenvalue weighted by Gasteiger charge is -2.18. The Morgan fingerprint density at radius 2 is 1.55 bits per heavy atom. The van der Waals surface area contributed by atoms with E-state index in [-0.39, 0.29) is 35.6 Å². The van der Waals surface area contributed by atoms with Crippen LogP contribution in [-0.4, -0.2) is 37.2 Å². The van der Waals surface area contributed by atoms with Crippen LogP contribution in [0.15, 0.2) is 36.4 Å². The van der Waals surface area contributed by atoms with Gasteiger partial charge in [-0.15, -0.1) is 0 Å². The Morgan fingerprint density at radius 3 is 2.16 bits per heavy atom. The van der Waals surface area contributed by atoms with Crippen LogP contribution >= 0.6 is 0 Å². The van der Waals surface area contributed by atoms with Gasteiger partial charge in [-0.25, -0.2) is 13.8 Å². The summed E-state index contributed by atoms with van der Waals surface area (Å²) in [5.74, 6) is -4.96. The summed E-state index contributed by atoms with van der Waals surface area (Å²) in [5.41, 5.74) is -1.50. The quantitative estimate of drug-likeness (QED) is 0.477.